The Kier molecular flexibility index (Phi) is 10.1. The quantitative estimate of drug-likeness (QED) is 0.132. The minimum atomic E-state index is -2.50. The summed E-state index contributed by atoms with van der Waals surface area (Å²) in [5, 5.41) is 0. The topological polar surface area (TPSA) is 76.8 Å². The van der Waals surface area contributed by atoms with Gasteiger partial charge in [0.1, 0.15) is 33.8 Å². The van der Waals surface area contributed by atoms with Gasteiger partial charge in [0.15, 0.2) is 23.3 Å². The largest absolute Gasteiger partial charge is 0.394 e. The van der Waals surface area contributed by atoms with E-state index in [4.69, 9.17) is 5.73 Å². The fourth-order valence-electron chi connectivity index (χ4n) is 1.28. The van der Waals surface area contributed by atoms with Crippen molar-refractivity contribution in [3.63, 3.8) is 0 Å². The van der Waals surface area contributed by atoms with Crippen LogP contribution < -0.4 is 10.5 Å². The lowest BCUT2D eigenvalue weighted by molar-refractivity contribution is -0.163. The predicted molar refractivity (Wildman–Crippen MR) is 83.8 cm³/mol. The molecular formula is C10H15F4N3O3S3. The number of hydrogen-bond donors (Lipinski definition) is 2. The van der Waals surface area contributed by atoms with Gasteiger partial charge >= 0.3 is 0 Å². The second kappa shape index (κ2) is 10.3. The summed E-state index contributed by atoms with van der Waals surface area (Å²) in [6.07, 6.45) is 0. The molecule has 0 amide bonds. The van der Waals surface area contributed by atoms with E-state index in [0.717, 1.165) is 12.2 Å². The molecule has 1 atom stereocenters. The van der Waals surface area contributed by atoms with E-state index in [9.17, 15) is 21.8 Å². The van der Waals surface area contributed by atoms with Crippen molar-refractivity contribution in [3.8, 4) is 0 Å². The van der Waals surface area contributed by atoms with Crippen LogP contribution in [0.3, 0.4) is 0 Å². The molecule has 1 unspecified atom stereocenters. The number of anilines is 1. The van der Waals surface area contributed by atoms with Crippen LogP contribution in [-0.4, -0.2) is 35.8 Å². The minimum absolute atomic E-state index is 0. The summed E-state index contributed by atoms with van der Waals surface area (Å²) in [6.45, 7) is 0.207. The van der Waals surface area contributed by atoms with Gasteiger partial charge in [0.25, 0.3) is 0 Å². The molecule has 0 aliphatic rings. The third kappa shape index (κ3) is 5.77. The zero-order valence-electron chi connectivity index (χ0n) is 12.0. The maximum atomic E-state index is 13.6. The van der Waals surface area contributed by atoms with E-state index in [0.29, 0.717) is 0 Å². The molecule has 0 bridgehead atoms. The molecular weight excluding hydrogens is 382 g/mol. The summed E-state index contributed by atoms with van der Waals surface area (Å²) >= 11 is 0.825. The van der Waals surface area contributed by atoms with E-state index in [2.05, 4.69) is 13.9 Å². The normalized spacial score (nSPS) is 12.3. The molecule has 3 N–H and O–H groups in total. The monoisotopic (exact) mass is 397 g/mol. The highest BCUT2D eigenvalue weighted by molar-refractivity contribution is 7.92. The molecule has 134 valence electrons. The molecule has 1 aromatic rings. The van der Waals surface area contributed by atoms with Gasteiger partial charge < -0.3 is 5.73 Å². The minimum Gasteiger partial charge on any atom is -0.394 e. The molecule has 13 heteroatoms. The van der Waals surface area contributed by atoms with Crippen molar-refractivity contribution in [2.24, 2.45) is 0 Å². The average molecular weight is 397 g/mol. The molecule has 0 spiro atoms. The Morgan fingerprint density at radius 2 is 1.74 bits per heavy atom. The molecule has 0 aromatic heterocycles. The number of likely N-dealkylation sites (N-methyl/N-ethyl adjacent to an activating group) is 1. The first kappa shape index (κ1) is 22.4. The molecule has 0 heterocycles. The van der Waals surface area contributed by atoms with Crippen molar-refractivity contribution < 1.29 is 31.0 Å². The molecule has 1 rings (SSSR count). The lowest BCUT2D eigenvalue weighted by Crippen LogP contribution is -2.28. The van der Waals surface area contributed by atoms with E-state index in [1.807, 2.05) is 0 Å². The van der Waals surface area contributed by atoms with Crippen LogP contribution in [0.15, 0.2) is 4.90 Å². The first-order valence-electron chi connectivity index (χ1n) is 5.66. The van der Waals surface area contributed by atoms with E-state index in [1.165, 1.54) is 11.4 Å². The van der Waals surface area contributed by atoms with Gasteiger partial charge in [-0.15, -0.1) is 4.33 Å². The van der Waals surface area contributed by atoms with Crippen LogP contribution in [-0.2, 0) is 20.2 Å². The lowest BCUT2D eigenvalue weighted by atomic mass is 10.2. The Morgan fingerprint density at radius 3 is 2.22 bits per heavy atom. The van der Waals surface area contributed by atoms with Gasteiger partial charge in [0.05, 0.1) is 7.11 Å². The van der Waals surface area contributed by atoms with Crippen LogP contribution in [0.1, 0.15) is 0 Å². The number of benzene rings is 1. The second-order valence-corrected chi connectivity index (χ2v) is 5.97. The molecule has 6 nitrogen and oxygen atoms in total. The van der Waals surface area contributed by atoms with Crippen molar-refractivity contribution in [1.29, 1.82) is 0 Å². The van der Waals surface area contributed by atoms with Crippen LogP contribution in [0, 0.1) is 23.3 Å². The molecule has 1 aromatic carbocycles. The molecule has 0 saturated carbocycles. The summed E-state index contributed by atoms with van der Waals surface area (Å²) in [7, 11) is 0.390. The van der Waals surface area contributed by atoms with Gasteiger partial charge in [-0.2, -0.15) is 13.5 Å². The standard InChI is InChI=1S/C10H13F4N3O3S2.H2S/c1-17(21-20-19-2)4-3-16-22(18)10-7(13)5(11)9(15)6(12)8(10)14;/h16H,3-4,15H2,1-2H3;1H2. The fourth-order valence-corrected chi connectivity index (χ4v) is 2.54. The third-order valence-corrected chi connectivity index (χ3v) is 4.16. The van der Waals surface area contributed by atoms with Crippen LogP contribution in [0.4, 0.5) is 23.2 Å². The number of hydrogen-bond acceptors (Lipinski definition) is 6. The first-order valence-corrected chi connectivity index (χ1v) is 7.51. The van der Waals surface area contributed by atoms with Crippen molar-refractivity contribution in [2.45, 2.75) is 4.90 Å². The second-order valence-electron chi connectivity index (χ2n) is 3.82. The van der Waals surface area contributed by atoms with E-state index < -0.39 is 44.8 Å². The molecule has 0 saturated heterocycles. The maximum absolute atomic E-state index is 13.6. The number of nitrogens with zero attached hydrogens (tertiary/aromatic N) is 1. The van der Waals surface area contributed by atoms with Crippen LogP contribution in [0.2, 0.25) is 0 Å². The zero-order chi connectivity index (χ0) is 16.9. The van der Waals surface area contributed by atoms with Gasteiger partial charge in [-0.05, 0) is 7.05 Å². The zero-order valence-corrected chi connectivity index (χ0v) is 14.6. The summed E-state index contributed by atoms with van der Waals surface area (Å²) in [6, 6.07) is 0. The highest BCUT2D eigenvalue weighted by atomic mass is 32.2. The van der Waals surface area contributed by atoms with E-state index >= 15 is 0 Å². The molecule has 0 aliphatic heterocycles. The van der Waals surface area contributed by atoms with Gasteiger partial charge in [-0.25, -0.2) is 35.7 Å². The Labute approximate surface area is 144 Å². The first-order chi connectivity index (χ1) is 10.3. The highest BCUT2D eigenvalue weighted by Crippen LogP contribution is 2.27. The Bertz CT molecular complexity index is 539. The fraction of sp³-hybridized carbons (Fsp3) is 0.400. The van der Waals surface area contributed by atoms with Gasteiger partial charge in [0.2, 0.25) is 0 Å². The summed E-state index contributed by atoms with van der Waals surface area (Å²) in [5.41, 5.74) is 3.55. The number of rotatable bonds is 8. The Balaban J connectivity index is 0.00000484. The Morgan fingerprint density at radius 1 is 1.22 bits per heavy atom. The van der Waals surface area contributed by atoms with Gasteiger partial charge in [-0.1, -0.05) is 0 Å². The number of halogens is 4. The average Bonchev–Trinajstić information content (AvgIpc) is 2.49. The van der Waals surface area contributed by atoms with Crippen molar-refractivity contribution in [1.82, 2.24) is 9.03 Å². The predicted octanol–water partition coefficient (Wildman–Crippen LogP) is 1.62. The van der Waals surface area contributed by atoms with Crippen LogP contribution in [0.5, 0.6) is 0 Å². The molecule has 0 radical (unpaired) electrons. The van der Waals surface area contributed by atoms with Crippen LogP contribution >= 0.6 is 25.7 Å². The highest BCUT2D eigenvalue weighted by Gasteiger charge is 2.27. The van der Waals surface area contributed by atoms with E-state index in [1.54, 1.807) is 7.05 Å². The summed E-state index contributed by atoms with van der Waals surface area (Å²) in [5.74, 6) is -7.17. The number of nitrogens with two attached hydrogens (primary N) is 1. The Hall–Kier alpha value is -0.570. The SMILES string of the molecule is COOSN(C)CCNS(=O)c1c(F)c(F)c(N)c(F)c1F.S. The van der Waals surface area contributed by atoms with Gasteiger partial charge in [0, 0.05) is 13.1 Å². The third-order valence-electron chi connectivity index (χ3n) is 2.33. The summed E-state index contributed by atoms with van der Waals surface area (Å²) < 4.78 is 73.7. The molecule has 23 heavy (non-hydrogen) atoms. The lowest BCUT2D eigenvalue weighted by Gasteiger charge is -2.14. The maximum Gasteiger partial charge on any atom is 0.186 e. The number of nitrogens with one attached hydrogen (secondary N) is 1. The van der Waals surface area contributed by atoms with Crippen molar-refractivity contribution in [2.75, 3.05) is 33.0 Å². The van der Waals surface area contributed by atoms with Crippen molar-refractivity contribution in [3.05, 3.63) is 23.3 Å². The number of nitrogen functional groups attached to an aromatic ring is 1. The van der Waals surface area contributed by atoms with Gasteiger partial charge in [-0.3, -0.25) is 0 Å². The van der Waals surface area contributed by atoms with Crippen LogP contribution in [0.25, 0.3) is 0 Å². The molecule has 0 fully saturated rings. The smallest absolute Gasteiger partial charge is 0.186 e. The summed E-state index contributed by atoms with van der Waals surface area (Å²) in [4.78, 5) is 3.07. The van der Waals surface area contributed by atoms with E-state index in [-0.39, 0.29) is 26.6 Å². The van der Waals surface area contributed by atoms with Crippen molar-refractivity contribution >= 4 is 42.4 Å². The molecule has 0 aliphatic carbocycles.